The van der Waals surface area contributed by atoms with Crippen molar-refractivity contribution in [1.29, 1.82) is 0 Å². The Balaban J connectivity index is 2.00. The van der Waals surface area contributed by atoms with Gasteiger partial charge in [-0.2, -0.15) is 0 Å². The predicted octanol–water partition coefficient (Wildman–Crippen LogP) is 2.94. The lowest BCUT2D eigenvalue weighted by molar-refractivity contribution is -0.384. The van der Waals surface area contributed by atoms with Gasteiger partial charge in [0.15, 0.2) is 6.10 Å². The molecule has 0 bridgehead atoms. The highest BCUT2D eigenvalue weighted by atomic mass is 19.1. The zero-order chi connectivity index (χ0) is 19.3. The average molecular weight is 360 g/mol. The van der Waals surface area contributed by atoms with Crippen molar-refractivity contribution < 1.29 is 23.6 Å². The molecule has 8 heteroatoms. The van der Waals surface area contributed by atoms with Crippen LogP contribution in [0.3, 0.4) is 0 Å². The maximum Gasteiger partial charge on any atom is 0.339 e. The minimum Gasteiger partial charge on any atom is -0.449 e. The van der Waals surface area contributed by atoms with Gasteiger partial charge >= 0.3 is 5.97 Å². The molecule has 0 aliphatic rings. The van der Waals surface area contributed by atoms with Gasteiger partial charge in [0.1, 0.15) is 5.82 Å². The molecule has 0 fully saturated rings. The molecule has 0 aliphatic heterocycles. The summed E-state index contributed by atoms with van der Waals surface area (Å²) >= 11 is 0. The van der Waals surface area contributed by atoms with Crippen molar-refractivity contribution in [2.75, 3.05) is 7.05 Å². The number of likely N-dealkylation sites (N-methyl/N-ethyl adjacent to an activating group) is 1. The summed E-state index contributed by atoms with van der Waals surface area (Å²) in [5.41, 5.74) is 0.325. The molecule has 2 rings (SSSR count). The molecule has 0 spiro atoms. The van der Waals surface area contributed by atoms with Crippen LogP contribution in [0.2, 0.25) is 0 Å². The first-order valence-electron chi connectivity index (χ1n) is 7.73. The van der Waals surface area contributed by atoms with Crippen LogP contribution in [0.5, 0.6) is 0 Å². The van der Waals surface area contributed by atoms with E-state index in [-0.39, 0.29) is 17.8 Å². The number of benzene rings is 2. The minimum absolute atomic E-state index is 0.0216. The number of nitro groups is 1. The number of hydrogen-bond donors (Lipinski definition) is 0. The molecular weight excluding hydrogens is 343 g/mol. The van der Waals surface area contributed by atoms with Gasteiger partial charge in [-0.3, -0.25) is 14.9 Å². The molecule has 0 saturated carbocycles. The van der Waals surface area contributed by atoms with Gasteiger partial charge in [-0.25, -0.2) is 9.18 Å². The van der Waals surface area contributed by atoms with Crippen molar-refractivity contribution in [2.24, 2.45) is 0 Å². The fraction of sp³-hybridized carbons (Fsp3) is 0.222. The second kappa shape index (κ2) is 8.19. The van der Waals surface area contributed by atoms with Crippen molar-refractivity contribution >= 4 is 17.6 Å². The Labute approximate surface area is 149 Å². The van der Waals surface area contributed by atoms with E-state index in [1.807, 2.05) is 0 Å². The van der Waals surface area contributed by atoms with Crippen molar-refractivity contribution in [2.45, 2.75) is 19.6 Å². The van der Waals surface area contributed by atoms with E-state index in [2.05, 4.69) is 0 Å². The number of ether oxygens (including phenoxy) is 1. The third-order valence-corrected chi connectivity index (χ3v) is 3.61. The number of esters is 1. The van der Waals surface area contributed by atoms with Crippen LogP contribution in [0.15, 0.2) is 48.5 Å². The highest BCUT2D eigenvalue weighted by Crippen LogP contribution is 2.15. The number of non-ortho nitro benzene ring substituents is 1. The summed E-state index contributed by atoms with van der Waals surface area (Å²) < 4.78 is 18.3. The van der Waals surface area contributed by atoms with Gasteiger partial charge < -0.3 is 9.64 Å². The first-order valence-corrected chi connectivity index (χ1v) is 7.73. The van der Waals surface area contributed by atoms with E-state index >= 15 is 0 Å². The Bertz CT molecular complexity index is 840. The van der Waals surface area contributed by atoms with E-state index in [4.69, 9.17) is 4.74 Å². The predicted molar refractivity (Wildman–Crippen MR) is 90.8 cm³/mol. The van der Waals surface area contributed by atoms with Crippen LogP contribution in [0, 0.1) is 15.9 Å². The van der Waals surface area contributed by atoms with E-state index in [1.54, 1.807) is 6.07 Å². The van der Waals surface area contributed by atoms with Crippen LogP contribution in [0.4, 0.5) is 10.1 Å². The molecule has 0 N–H and O–H groups in total. The highest BCUT2D eigenvalue weighted by molar-refractivity contribution is 5.92. The number of nitrogens with zero attached hydrogens (tertiary/aromatic N) is 2. The average Bonchev–Trinajstić information content (AvgIpc) is 2.61. The van der Waals surface area contributed by atoms with Crippen molar-refractivity contribution in [3.63, 3.8) is 0 Å². The largest absolute Gasteiger partial charge is 0.449 e. The molecule has 0 saturated heterocycles. The molecule has 26 heavy (non-hydrogen) atoms. The number of carbonyl (C=O) groups is 2. The molecule has 2 aromatic carbocycles. The molecule has 1 unspecified atom stereocenters. The molecule has 1 amide bonds. The molecule has 136 valence electrons. The Morgan fingerprint density at radius 3 is 2.58 bits per heavy atom. The summed E-state index contributed by atoms with van der Waals surface area (Å²) in [5.74, 6) is -1.73. The Hall–Kier alpha value is -3.29. The van der Waals surface area contributed by atoms with Gasteiger partial charge in [-0.1, -0.05) is 18.2 Å². The maximum atomic E-state index is 13.2. The number of hydrogen-bond acceptors (Lipinski definition) is 5. The summed E-state index contributed by atoms with van der Waals surface area (Å²) in [6, 6.07) is 10.9. The molecule has 0 heterocycles. The van der Waals surface area contributed by atoms with Gasteiger partial charge in [-0.05, 0) is 30.7 Å². The lowest BCUT2D eigenvalue weighted by Crippen LogP contribution is -2.37. The maximum absolute atomic E-state index is 13.2. The monoisotopic (exact) mass is 360 g/mol. The summed E-state index contributed by atoms with van der Waals surface area (Å²) in [6.45, 7) is 1.55. The van der Waals surface area contributed by atoms with E-state index in [1.165, 1.54) is 55.3 Å². The molecule has 0 radical (unpaired) electrons. The van der Waals surface area contributed by atoms with E-state index in [0.717, 1.165) is 6.07 Å². The van der Waals surface area contributed by atoms with Gasteiger partial charge in [-0.15, -0.1) is 0 Å². The first-order chi connectivity index (χ1) is 12.3. The van der Waals surface area contributed by atoms with Gasteiger partial charge in [0.2, 0.25) is 0 Å². The molecule has 7 nitrogen and oxygen atoms in total. The lowest BCUT2D eigenvalue weighted by Gasteiger charge is -2.21. The van der Waals surface area contributed by atoms with Crippen LogP contribution in [0.25, 0.3) is 0 Å². The van der Waals surface area contributed by atoms with Gasteiger partial charge in [0, 0.05) is 25.7 Å². The Morgan fingerprint density at radius 1 is 1.23 bits per heavy atom. The Morgan fingerprint density at radius 2 is 1.92 bits per heavy atom. The fourth-order valence-corrected chi connectivity index (χ4v) is 2.32. The number of carbonyl (C=O) groups excluding carboxylic acids is 2. The highest BCUT2D eigenvalue weighted by Gasteiger charge is 2.23. The van der Waals surface area contributed by atoms with Gasteiger partial charge in [0.25, 0.3) is 11.6 Å². The fourth-order valence-electron chi connectivity index (χ4n) is 2.32. The first kappa shape index (κ1) is 19.0. The number of halogens is 1. The summed E-state index contributed by atoms with van der Waals surface area (Å²) in [6.07, 6.45) is -1.10. The third kappa shape index (κ3) is 4.85. The van der Waals surface area contributed by atoms with Crippen LogP contribution in [-0.4, -0.2) is 34.9 Å². The summed E-state index contributed by atoms with van der Waals surface area (Å²) in [4.78, 5) is 35.9. The topological polar surface area (TPSA) is 89.7 Å². The smallest absolute Gasteiger partial charge is 0.339 e. The van der Waals surface area contributed by atoms with Crippen molar-refractivity contribution in [1.82, 2.24) is 4.90 Å². The number of amides is 1. The Kier molecular flexibility index (Phi) is 6.00. The van der Waals surface area contributed by atoms with Crippen LogP contribution in [0.1, 0.15) is 22.8 Å². The quantitative estimate of drug-likeness (QED) is 0.449. The summed E-state index contributed by atoms with van der Waals surface area (Å²) in [7, 11) is 1.50. The SMILES string of the molecule is CC(OC(=O)c1cccc([N+](=O)[O-])c1)C(=O)N(C)Cc1cccc(F)c1. The molecular formula is C18H17FN2O5. The second-order valence-corrected chi connectivity index (χ2v) is 5.68. The van der Waals surface area contributed by atoms with Crippen LogP contribution >= 0.6 is 0 Å². The van der Waals surface area contributed by atoms with Crippen LogP contribution in [-0.2, 0) is 16.1 Å². The minimum atomic E-state index is -1.10. The van der Waals surface area contributed by atoms with Gasteiger partial charge in [0.05, 0.1) is 10.5 Å². The van der Waals surface area contributed by atoms with E-state index in [0.29, 0.717) is 5.56 Å². The molecule has 0 aliphatic carbocycles. The molecule has 1 atom stereocenters. The number of rotatable bonds is 6. The zero-order valence-electron chi connectivity index (χ0n) is 14.2. The lowest BCUT2D eigenvalue weighted by atomic mass is 10.2. The second-order valence-electron chi connectivity index (χ2n) is 5.68. The molecule has 0 aromatic heterocycles. The third-order valence-electron chi connectivity index (χ3n) is 3.61. The molecule has 2 aromatic rings. The number of nitro benzene ring substituents is 1. The van der Waals surface area contributed by atoms with E-state index < -0.39 is 28.7 Å². The van der Waals surface area contributed by atoms with Crippen molar-refractivity contribution in [3.8, 4) is 0 Å². The zero-order valence-corrected chi connectivity index (χ0v) is 14.2. The van der Waals surface area contributed by atoms with Crippen LogP contribution < -0.4 is 0 Å². The van der Waals surface area contributed by atoms with Crippen molar-refractivity contribution in [3.05, 3.63) is 75.6 Å². The standard InChI is InChI=1S/C18H17FN2O5/c1-12(17(22)20(2)11-13-5-3-7-15(19)9-13)26-18(23)14-6-4-8-16(10-14)21(24)25/h3-10,12H,11H2,1-2H3. The normalized spacial score (nSPS) is 11.5. The van der Waals surface area contributed by atoms with E-state index in [9.17, 15) is 24.1 Å². The summed E-state index contributed by atoms with van der Waals surface area (Å²) in [5, 5.41) is 10.8.